The summed E-state index contributed by atoms with van der Waals surface area (Å²) in [7, 11) is 1.94. The molecule has 0 saturated heterocycles. The van der Waals surface area contributed by atoms with Crippen LogP contribution in [0.2, 0.25) is 0 Å². The molecule has 0 aliphatic heterocycles. The molecule has 0 unspecified atom stereocenters. The molecule has 2 aromatic rings. The van der Waals surface area contributed by atoms with Gasteiger partial charge in [-0.05, 0) is 6.92 Å². The molecule has 0 bridgehead atoms. The molecule has 0 aliphatic rings. The van der Waals surface area contributed by atoms with Gasteiger partial charge >= 0.3 is 0 Å². The molecule has 80 valence electrons. The number of nitrogens with zero attached hydrogens (tertiary/aromatic N) is 4. The first-order valence-electron chi connectivity index (χ1n) is 4.71. The number of likely N-dealkylation sites (N-methyl/N-ethyl adjacent to an activating group) is 1. The predicted octanol–water partition coefficient (Wildman–Crippen LogP) is 0.790. The van der Waals surface area contributed by atoms with E-state index in [1.165, 1.54) is 11.3 Å². The van der Waals surface area contributed by atoms with Crippen LogP contribution in [0.3, 0.4) is 0 Å². The minimum absolute atomic E-state index is 0.597. The van der Waals surface area contributed by atoms with Crippen molar-refractivity contribution < 1.29 is 0 Å². The Balaban J connectivity index is 2.44. The van der Waals surface area contributed by atoms with Crippen molar-refractivity contribution in [2.24, 2.45) is 5.73 Å². The number of anilines is 1. The van der Waals surface area contributed by atoms with Crippen molar-refractivity contribution in [3.63, 3.8) is 0 Å². The Bertz CT molecular complexity index is 466. The Morgan fingerprint density at radius 3 is 3.00 bits per heavy atom. The lowest BCUT2D eigenvalue weighted by Crippen LogP contribution is -2.26. The van der Waals surface area contributed by atoms with E-state index in [0.29, 0.717) is 6.54 Å². The number of fused-ring (bicyclic) bond motifs is 1. The second kappa shape index (κ2) is 4.08. The second-order valence-corrected chi connectivity index (χ2v) is 4.16. The van der Waals surface area contributed by atoms with Gasteiger partial charge in [-0.15, -0.1) is 11.3 Å². The van der Waals surface area contributed by atoms with E-state index in [9.17, 15) is 0 Å². The molecule has 0 aromatic carbocycles. The van der Waals surface area contributed by atoms with Gasteiger partial charge in [-0.2, -0.15) is 0 Å². The van der Waals surface area contributed by atoms with Crippen LogP contribution in [-0.4, -0.2) is 35.1 Å². The predicted molar refractivity (Wildman–Crippen MR) is 62.3 cm³/mol. The van der Waals surface area contributed by atoms with Crippen molar-refractivity contribution in [1.29, 1.82) is 0 Å². The SMILES string of the molecule is Cc1nc(N(C)CCN)nc2scnc12. The van der Waals surface area contributed by atoms with Crippen LogP contribution in [0, 0.1) is 6.92 Å². The van der Waals surface area contributed by atoms with Crippen LogP contribution in [-0.2, 0) is 0 Å². The van der Waals surface area contributed by atoms with Crippen LogP contribution in [0.5, 0.6) is 0 Å². The Morgan fingerprint density at radius 1 is 1.47 bits per heavy atom. The number of rotatable bonds is 3. The molecule has 2 aromatic heterocycles. The molecule has 5 nitrogen and oxygen atoms in total. The third kappa shape index (κ3) is 1.91. The number of thiazole rings is 1. The van der Waals surface area contributed by atoms with Crippen molar-refractivity contribution in [2.75, 3.05) is 25.0 Å². The van der Waals surface area contributed by atoms with Crippen LogP contribution in [0.4, 0.5) is 5.95 Å². The zero-order valence-corrected chi connectivity index (χ0v) is 9.58. The standard InChI is InChI=1S/C9H13N5S/c1-6-7-8(15-5-11-7)13-9(12-6)14(2)4-3-10/h5H,3-4,10H2,1-2H3. The fourth-order valence-corrected chi connectivity index (χ4v) is 2.05. The van der Waals surface area contributed by atoms with Crippen molar-refractivity contribution in [2.45, 2.75) is 6.92 Å². The maximum Gasteiger partial charge on any atom is 0.226 e. The molecule has 0 atom stereocenters. The summed E-state index contributed by atoms with van der Waals surface area (Å²) in [6, 6.07) is 0. The largest absolute Gasteiger partial charge is 0.343 e. The normalized spacial score (nSPS) is 10.9. The van der Waals surface area contributed by atoms with Gasteiger partial charge in [0.25, 0.3) is 0 Å². The van der Waals surface area contributed by atoms with Gasteiger partial charge in [-0.1, -0.05) is 0 Å². The van der Waals surface area contributed by atoms with Gasteiger partial charge in [0.05, 0.1) is 11.2 Å². The Hall–Kier alpha value is -1.27. The molecule has 2 rings (SSSR count). The second-order valence-electron chi connectivity index (χ2n) is 3.33. The third-order valence-corrected chi connectivity index (χ3v) is 2.89. The topological polar surface area (TPSA) is 67.9 Å². The van der Waals surface area contributed by atoms with Crippen molar-refractivity contribution in [1.82, 2.24) is 15.0 Å². The van der Waals surface area contributed by atoms with E-state index in [4.69, 9.17) is 5.73 Å². The minimum Gasteiger partial charge on any atom is -0.343 e. The lowest BCUT2D eigenvalue weighted by atomic mass is 10.4. The highest BCUT2D eigenvalue weighted by Crippen LogP contribution is 2.20. The fraction of sp³-hybridized carbons (Fsp3) is 0.444. The lowest BCUT2D eigenvalue weighted by Gasteiger charge is -2.15. The zero-order valence-electron chi connectivity index (χ0n) is 8.77. The average molecular weight is 223 g/mol. The average Bonchev–Trinajstić information content (AvgIpc) is 2.66. The Morgan fingerprint density at radius 2 is 2.27 bits per heavy atom. The molecule has 0 spiro atoms. The van der Waals surface area contributed by atoms with E-state index < -0.39 is 0 Å². The first-order chi connectivity index (χ1) is 7.22. The van der Waals surface area contributed by atoms with Crippen LogP contribution in [0.15, 0.2) is 5.51 Å². The van der Waals surface area contributed by atoms with Crippen LogP contribution in [0.25, 0.3) is 10.3 Å². The van der Waals surface area contributed by atoms with Crippen LogP contribution in [0.1, 0.15) is 5.69 Å². The summed E-state index contributed by atoms with van der Waals surface area (Å²) in [5.41, 5.74) is 9.09. The smallest absolute Gasteiger partial charge is 0.226 e. The molecular formula is C9H13N5S. The number of hydrogen-bond acceptors (Lipinski definition) is 6. The zero-order chi connectivity index (χ0) is 10.8. The van der Waals surface area contributed by atoms with Gasteiger partial charge in [0.1, 0.15) is 10.3 Å². The quantitative estimate of drug-likeness (QED) is 0.833. The maximum atomic E-state index is 5.49. The van der Waals surface area contributed by atoms with Gasteiger partial charge in [0.15, 0.2) is 0 Å². The van der Waals surface area contributed by atoms with E-state index in [1.807, 2.05) is 18.9 Å². The number of nitrogens with two attached hydrogens (primary N) is 1. The maximum absolute atomic E-state index is 5.49. The molecular weight excluding hydrogens is 210 g/mol. The highest BCUT2D eigenvalue weighted by atomic mass is 32.1. The van der Waals surface area contributed by atoms with Crippen LogP contribution >= 0.6 is 11.3 Å². The molecule has 0 fully saturated rings. The van der Waals surface area contributed by atoms with Gasteiger partial charge in [0.2, 0.25) is 5.95 Å². The Labute approximate surface area is 92.0 Å². The first kappa shape index (κ1) is 10.3. The van der Waals surface area contributed by atoms with E-state index >= 15 is 0 Å². The van der Waals surface area contributed by atoms with Crippen molar-refractivity contribution in [3.8, 4) is 0 Å². The summed E-state index contributed by atoms with van der Waals surface area (Å²) in [5, 5.41) is 0. The summed E-state index contributed by atoms with van der Waals surface area (Å²) in [6.45, 7) is 3.30. The summed E-state index contributed by atoms with van der Waals surface area (Å²) in [6.07, 6.45) is 0. The summed E-state index contributed by atoms with van der Waals surface area (Å²) < 4.78 is 0. The molecule has 0 amide bonds. The monoisotopic (exact) mass is 223 g/mol. The first-order valence-corrected chi connectivity index (χ1v) is 5.59. The van der Waals surface area contributed by atoms with E-state index in [1.54, 1.807) is 5.51 Å². The molecule has 0 radical (unpaired) electrons. The number of aryl methyl sites for hydroxylation is 1. The summed E-state index contributed by atoms with van der Waals surface area (Å²) in [4.78, 5) is 15.9. The summed E-state index contributed by atoms with van der Waals surface area (Å²) in [5.74, 6) is 0.717. The van der Waals surface area contributed by atoms with Gasteiger partial charge in [-0.25, -0.2) is 15.0 Å². The highest BCUT2D eigenvalue weighted by Gasteiger charge is 2.09. The van der Waals surface area contributed by atoms with Gasteiger partial charge in [-0.3, -0.25) is 0 Å². The van der Waals surface area contributed by atoms with Crippen molar-refractivity contribution >= 4 is 27.6 Å². The molecule has 0 aliphatic carbocycles. The Kier molecular flexibility index (Phi) is 2.79. The number of hydrogen-bond donors (Lipinski definition) is 1. The molecule has 6 heteroatoms. The third-order valence-electron chi connectivity index (χ3n) is 2.17. The molecule has 0 saturated carbocycles. The molecule has 2 N–H and O–H groups in total. The van der Waals surface area contributed by atoms with E-state index in [0.717, 1.165) is 28.5 Å². The van der Waals surface area contributed by atoms with E-state index in [2.05, 4.69) is 15.0 Å². The minimum atomic E-state index is 0.597. The van der Waals surface area contributed by atoms with Crippen LogP contribution < -0.4 is 10.6 Å². The van der Waals surface area contributed by atoms with Gasteiger partial charge in [0, 0.05) is 20.1 Å². The number of aromatic nitrogens is 3. The summed E-state index contributed by atoms with van der Waals surface area (Å²) >= 11 is 1.53. The highest BCUT2D eigenvalue weighted by molar-refractivity contribution is 7.16. The molecule has 15 heavy (non-hydrogen) atoms. The fourth-order valence-electron chi connectivity index (χ4n) is 1.35. The lowest BCUT2D eigenvalue weighted by molar-refractivity contribution is 0.847. The van der Waals surface area contributed by atoms with Crippen molar-refractivity contribution in [3.05, 3.63) is 11.2 Å². The van der Waals surface area contributed by atoms with E-state index in [-0.39, 0.29) is 0 Å². The van der Waals surface area contributed by atoms with Gasteiger partial charge < -0.3 is 10.6 Å². The molecule has 2 heterocycles.